The zero-order chi connectivity index (χ0) is 15.7. The van der Waals surface area contributed by atoms with Gasteiger partial charge in [-0.1, -0.05) is 11.6 Å². The smallest absolute Gasteiger partial charge is 0.230 e. The summed E-state index contributed by atoms with van der Waals surface area (Å²) < 4.78 is 10.8. The molecule has 2 aromatic carbocycles. The van der Waals surface area contributed by atoms with Gasteiger partial charge in [-0.15, -0.1) is 0 Å². The zero-order valence-corrected chi connectivity index (χ0v) is 12.3. The maximum absolute atomic E-state index is 9.80. The van der Waals surface area contributed by atoms with Crippen molar-refractivity contribution in [2.75, 3.05) is 12.8 Å². The molecule has 22 heavy (non-hydrogen) atoms. The van der Waals surface area contributed by atoms with Crippen molar-refractivity contribution in [3.8, 4) is 23.1 Å². The maximum Gasteiger partial charge on any atom is 0.230 e. The Hall–Kier alpha value is -2.73. The number of benzene rings is 2. The minimum absolute atomic E-state index is 0.00446. The molecule has 0 amide bonds. The summed E-state index contributed by atoms with van der Waals surface area (Å²) in [7, 11) is 1.46. The number of nitrogens with two attached hydrogens (primary N) is 1. The van der Waals surface area contributed by atoms with Gasteiger partial charge in [-0.3, -0.25) is 0 Å². The molecule has 0 saturated heterocycles. The lowest BCUT2D eigenvalue weighted by Crippen LogP contribution is -1.94. The number of phenolic OH excluding ortho intramolecular Hbond substituents is 1. The molecule has 1 aromatic heterocycles. The summed E-state index contributed by atoms with van der Waals surface area (Å²) in [6, 6.07) is 8.03. The molecule has 6 nitrogen and oxygen atoms in total. The fourth-order valence-electron chi connectivity index (χ4n) is 1.98. The van der Waals surface area contributed by atoms with Gasteiger partial charge in [0.2, 0.25) is 5.88 Å². The summed E-state index contributed by atoms with van der Waals surface area (Å²) in [5.41, 5.74) is 6.67. The number of nitrogen functional groups attached to an aromatic ring is 1. The second-order valence-corrected chi connectivity index (χ2v) is 4.91. The van der Waals surface area contributed by atoms with E-state index >= 15 is 0 Å². The fourth-order valence-corrected chi connectivity index (χ4v) is 2.15. The molecule has 0 bridgehead atoms. The first kappa shape index (κ1) is 14.2. The van der Waals surface area contributed by atoms with E-state index in [2.05, 4.69) is 9.97 Å². The molecule has 0 aliphatic carbocycles. The van der Waals surface area contributed by atoms with Crippen molar-refractivity contribution >= 4 is 28.2 Å². The molecule has 7 heteroatoms. The zero-order valence-electron chi connectivity index (χ0n) is 11.6. The average molecular weight is 318 g/mol. The molecular weight excluding hydrogens is 306 g/mol. The molecule has 3 rings (SSSR count). The average Bonchev–Trinajstić information content (AvgIpc) is 2.50. The Bertz CT molecular complexity index is 855. The second-order valence-electron chi connectivity index (χ2n) is 4.51. The van der Waals surface area contributed by atoms with Gasteiger partial charge in [0, 0.05) is 12.1 Å². The van der Waals surface area contributed by atoms with E-state index in [4.69, 9.17) is 26.8 Å². The highest BCUT2D eigenvalue weighted by Crippen LogP contribution is 2.35. The first-order valence-corrected chi connectivity index (χ1v) is 6.71. The molecule has 0 fully saturated rings. The lowest BCUT2D eigenvalue weighted by atomic mass is 10.2. The number of halogens is 1. The number of aromatic hydroxyl groups is 1. The van der Waals surface area contributed by atoms with Crippen molar-refractivity contribution in [2.24, 2.45) is 0 Å². The summed E-state index contributed by atoms with van der Waals surface area (Å²) >= 11 is 5.98. The van der Waals surface area contributed by atoms with Gasteiger partial charge in [0.15, 0.2) is 11.5 Å². The minimum atomic E-state index is -0.00446. The van der Waals surface area contributed by atoms with Gasteiger partial charge < -0.3 is 20.3 Å². The van der Waals surface area contributed by atoms with Crippen LogP contribution in [-0.4, -0.2) is 22.2 Å². The monoisotopic (exact) mass is 317 g/mol. The maximum atomic E-state index is 9.80. The van der Waals surface area contributed by atoms with Crippen molar-refractivity contribution in [3.63, 3.8) is 0 Å². The Kier molecular flexibility index (Phi) is 3.60. The van der Waals surface area contributed by atoms with E-state index in [9.17, 15) is 5.11 Å². The van der Waals surface area contributed by atoms with Crippen LogP contribution in [0.3, 0.4) is 0 Å². The number of hydrogen-bond acceptors (Lipinski definition) is 6. The number of aromatic nitrogens is 2. The van der Waals surface area contributed by atoms with E-state index in [1.54, 1.807) is 24.3 Å². The van der Waals surface area contributed by atoms with Crippen LogP contribution in [0.5, 0.6) is 23.1 Å². The third kappa shape index (κ3) is 2.56. The van der Waals surface area contributed by atoms with Gasteiger partial charge in [0.05, 0.1) is 28.7 Å². The Balaban J connectivity index is 2.08. The number of rotatable bonds is 3. The summed E-state index contributed by atoms with van der Waals surface area (Å²) in [5.74, 6) is 1.12. The largest absolute Gasteiger partial charge is 0.504 e. The third-order valence-corrected chi connectivity index (χ3v) is 3.41. The summed E-state index contributed by atoms with van der Waals surface area (Å²) in [5, 5.41) is 10.8. The molecule has 0 atom stereocenters. The van der Waals surface area contributed by atoms with Crippen LogP contribution in [-0.2, 0) is 0 Å². The summed E-state index contributed by atoms with van der Waals surface area (Å²) in [4.78, 5) is 8.21. The molecule has 0 unspecified atom stereocenters. The molecule has 112 valence electrons. The number of methoxy groups -OCH3 is 1. The quantitative estimate of drug-likeness (QED) is 0.720. The number of anilines is 1. The Morgan fingerprint density at radius 1 is 1.18 bits per heavy atom. The van der Waals surface area contributed by atoms with Crippen LogP contribution in [0, 0.1) is 0 Å². The highest BCUT2D eigenvalue weighted by Gasteiger charge is 2.11. The normalized spacial score (nSPS) is 10.6. The van der Waals surface area contributed by atoms with E-state index in [-0.39, 0.29) is 5.75 Å². The Labute approximate surface area is 131 Å². The number of phenols is 1. The topological polar surface area (TPSA) is 90.5 Å². The number of ether oxygens (including phenoxy) is 2. The summed E-state index contributed by atoms with van der Waals surface area (Å²) in [6.07, 6.45) is 1.35. The number of fused-ring (bicyclic) bond motifs is 1. The number of nitrogens with zero attached hydrogens (tertiary/aromatic N) is 2. The predicted octanol–water partition coefficient (Wildman–Crippen LogP) is 3.37. The van der Waals surface area contributed by atoms with Crippen molar-refractivity contribution in [3.05, 3.63) is 41.7 Å². The second kappa shape index (κ2) is 5.57. The summed E-state index contributed by atoms with van der Waals surface area (Å²) in [6.45, 7) is 0. The lowest BCUT2D eigenvalue weighted by Gasteiger charge is -2.10. The minimum Gasteiger partial charge on any atom is -0.504 e. The first-order chi connectivity index (χ1) is 10.6. The van der Waals surface area contributed by atoms with Gasteiger partial charge >= 0.3 is 0 Å². The van der Waals surface area contributed by atoms with E-state index in [0.717, 1.165) is 0 Å². The Morgan fingerprint density at radius 3 is 2.73 bits per heavy atom. The van der Waals surface area contributed by atoms with Crippen LogP contribution in [0.4, 0.5) is 5.69 Å². The fraction of sp³-hybridized carbons (Fsp3) is 0.0667. The molecule has 0 aliphatic rings. The van der Waals surface area contributed by atoms with Gasteiger partial charge in [-0.25, -0.2) is 9.97 Å². The van der Waals surface area contributed by atoms with Crippen molar-refractivity contribution in [2.45, 2.75) is 0 Å². The van der Waals surface area contributed by atoms with Crippen LogP contribution in [0.15, 0.2) is 36.7 Å². The van der Waals surface area contributed by atoms with Crippen molar-refractivity contribution < 1.29 is 14.6 Å². The molecule has 0 aliphatic heterocycles. The van der Waals surface area contributed by atoms with Gasteiger partial charge in [0.1, 0.15) is 12.1 Å². The van der Waals surface area contributed by atoms with Crippen molar-refractivity contribution in [1.82, 2.24) is 9.97 Å². The van der Waals surface area contributed by atoms with Crippen molar-refractivity contribution in [1.29, 1.82) is 0 Å². The van der Waals surface area contributed by atoms with Crippen LogP contribution in [0.2, 0.25) is 5.02 Å². The Morgan fingerprint density at radius 2 is 2.00 bits per heavy atom. The highest BCUT2D eigenvalue weighted by molar-refractivity contribution is 6.33. The number of hydrogen-bond donors (Lipinski definition) is 2. The van der Waals surface area contributed by atoms with E-state index in [0.29, 0.717) is 39.0 Å². The highest BCUT2D eigenvalue weighted by atomic mass is 35.5. The van der Waals surface area contributed by atoms with Gasteiger partial charge in [0.25, 0.3) is 0 Å². The van der Waals surface area contributed by atoms with E-state index in [1.165, 1.54) is 19.5 Å². The van der Waals surface area contributed by atoms with Crippen LogP contribution < -0.4 is 15.2 Å². The molecule has 0 saturated carbocycles. The van der Waals surface area contributed by atoms with Crippen LogP contribution >= 0.6 is 11.6 Å². The molecule has 0 spiro atoms. The predicted molar refractivity (Wildman–Crippen MR) is 83.7 cm³/mol. The van der Waals surface area contributed by atoms with Crippen LogP contribution in [0.1, 0.15) is 0 Å². The first-order valence-electron chi connectivity index (χ1n) is 6.33. The lowest BCUT2D eigenvalue weighted by molar-refractivity contribution is 0.374. The molecule has 1 heterocycles. The van der Waals surface area contributed by atoms with Crippen LogP contribution in [0.25, 0.3) is 10.9 Å². The molecule has 3 N–H and O–H groups in total. The van der Waals surface area contributed by atoms with E-state index in [1.807, 2.05) is 0 Å². The van der Waals surface area contributed by atoms with Gasteiger partial charge in [-0.2, -0.15) is 0 Å². The van der Waals surface area contributed by atoms with Gasteiger partial charge in [-0.05, 0) is 18.2 Å². The standard InChI is InChI=1S/C15H12ClN3O3/c1-21-14-5-9-12(6-13(14)20)18-7-19-15(9)22-8-2-3-11(17)10(16)4-8/h2-7,20H,17H2,1H3. The van der Waals surface area contributed by atoms with E-state index < -0.39 is 0 Å². The third-order valence-electron chi connectivity index (χ3n) is 3.09. The molecule has 0 radical (unpaired) electrons. The molecule has 3 aromatic rings. The SMILES string of the molecule is COc1cc2c(Oc3ccc(N)c(Cl)c3)ncnc2cc1O. The molecular formula is C15H12ClN3O3.